The van der Waals surface area contributed by atoms with Crippen LogP contribution in [0.5, 0.6) is 5.75 Å². The fraction of sp³-hybridized carbons (Fsp3) is 0.133. The number of methoxy groups -OCH3 is 1. The lowest BCUT2D eigenvalue weighted by molar-refractivity contribution is 0.419. The SMILES string of the molecule is COc1cccc2c1c(=O)ccn2Cc1csc(Cl)c1. The molecule has 102 valence electrons. The summed E-state index contributed by atoms with van der Waals surface area (Å²) in [7, 11) is 1.57. The molecule has 20 heavy (non-hydrogen) atoms. The van der Waals surface area contributed by atoms with E-state index in [1.165, 1.54) is 11.3 Å². The first-order chi connectivity index (χ1) is 9.69. The van der Waals surface area contributed by atoms with Gasteiger partial charge in [-0.2, -0.15) is 0 Å². The molecule has 3 aromatic rings. The van der Waals surface area contributed by atoms with Gasteiger partial charge in [0.25, 0.3) is 0 Å². The lowest BCUT2D eigenvalue weighted by Gasteiger charge is -2.11. The molecular formula is C15H12ClNO2S. The molecule has 3 rings (SSSR count). The van der Waals surface area contributed by atoms with Gasteiger partial charge < -0.3 is 9.30 Å². The number of benzene rings is 1. The average molecular weight is 306 g/mol. The number of hydrogen-bond acceptors (Lipinski definition) is 3. The maximum atomic E-state index is 12.1. The highest BCUT2D eigenvalue weighted by Gasteiger charge is 2.09. The third kappa shape index (κ3) is 2.32. The largest absolute Gasteiger partial charge is 0.496 e. The highest BCUT2D eigenvalue weighted by atomic mass is 35.5. The first-order valence-corrected chi connectivity index (χ1v) is 7.34. The Hall–Kier alpha value is -1.78. The van der Waals surface area contributed by atoms with E-state index in [9.17, 15) is 4.79 Å². The molecule has 0 aliphatic rings. The monoisotopic (exact) mass is 305 g/mol. The summed E-state index contributed by atoms with van der Waals surface area (Å²) in [4.78, 5) is 12.1. The van der Waals surface area contributed by atoms with E-state index in [-0.39, 0.29) is 5.43 Å². The van der Waals surface area contributed by atoms with Crippen LogP contribution in [-0.4, -0.2) is 11.7 Å². The summed E-state index contributed by atoms with van der Waals surface area (Å²) in [6.07, 6.45) is 1.80. The predicted octanol–water partition coefficient (Wildman–Crippen LogP) is 3.77. The van der Waals surface area contributed by atoms with Crippen LogP contribution in [0.15, 0.2) is 46.7 Å². The van der Waals surface area contributed by atoms with Crippen molar-refractivity contribution in [2.75, 3.05) is 7.11 Å². The third-order valence-electron chi connectivity index (χ3n) is 3.16. The van der Waals surface area contributed by atoms with E-state index < -0.39 is 0 Å². The summed E-state index contributed by atoms with van der Waals surface area (Å²) < 4.78 is 8.08. The Kier molecular flexibility index (Phi) is 3.51. The fourth-order valence-corrected chi connectivity index (χ4v) is 3.16. The number of rotatable bonds is 3. The second-order valence-electron chi connectivity index (χ2n) is 4.42. The Balaban J connectivity index is 2.17. The highest BCUT2D eigenvalue weighted by molar-refractivity contribution is 7.14. The number of aromatic nitrogens is 1. The number of halogens is 1. The van der Waals surface area contributed by atoms with Gasteiger partial charge in [-0.25, -0.2) is 0 Å². The molecule has 0 radical (unpaired) electrons. The van der Waals surface area contributed by atoms with Crippen molar-refractivity contribution in [3.8, 4) is 5.75 Å². The zero-order valence-corrected chi connectivity index (χ0v) is 12.4. The molecule has 0 fully saturated rings. The van der Waals surface area contributed by atoms with Gasteiger partial charge >= 0.3 is 0 Å². The molecule has 0 bridgehead atoms. The van der Waals surface area contributed by atoms with Crippen molar-refractivity contribution in [3.05, 3.63) is 62.0 Å². The van der Waals surface area contributed by atoms with Crippen LogP contribution < -0.4 is 10.2 Å². The Morgan fingerprint density at radius 2 is 2.20 bits per heavy atom. The van der Waals surface area contributed by atoms with Gasteiger partial charge in [0.15, 0.2) is 5.43 Å². The van der Waals surface area contributed by atoms with Gasteiger partial charge in [-0.15, -0.1) is 11.3 Å². The zero-order chi connectivity index (χ0) is 14.1. The van der Waals surface area contributed by atoms with Crippen LogP contribution in [0.2, 0.25) is 4.34 Å². The second-order valence-corrected chi connectivity index (χ2v) is 5.96. The van der Waals surface area contributed by atoms with Crippen molar-refractivity contribution in [1.82, 2.24) is 4.57 Å². The standard InChI is InChI=1S/C15H12ClNO2S/c1-19-13-4-2-3-11-15(13)12(18)5-6-17(11)8-10-7-14(16)20-9-10/h2-7,9H,8H2,1H3. The van der Waals surface area contributed by atoms with Gasteiger partial charge in [0.05, 0.1) is 22.3 Å². The van der Waals surface area contributed by atoms with E-state index in [2.05, 4.69) is 0 Å². The van der Waals surface area contributed by atoms with Crippen LogP contribution in [0.4, 0.5) is 0 Å². The summed E-state index contributed by atoms with van der Waals surface area (Å²) in [5.41, 5.74) is 1.95. The summed E-state index contributed by atoms with van der Waals surface area (Å²) >= 11 is 7.46. The van der Waals surface area contributed by atoms with Crippen molar-refractivity contribution < 1.29 is 4.74 Å². The van der Waals surface area contributed by atoms with Crippen LogP contribution in [0, 0.1) is 0 Å². The molecule has 5 heteroatoms. The van der Waals surface area contributed by atoms with Crippen molar-refractivity contribution in [3.63, 3.8) is 0 Å². The van der Waals surface area contributed by atoms with E-state index in [1.807, 2.05) is 28.1 Å². The summed E-state index contributed by atoms with van der Waals surface area (Å²) in [6, 6.07) is 9.12. The van der Waals surface area contributed by atoms with Gasteiger partial charge in [0.1, 0.15) is 5.75 Å². The number of nitrogens with zero attached hydrogens (tertiary/aromatic N) is 1. The summed E-state index contributed by atoms with van der Waals surface area (Å²) in [6.45, 7) is 0.674. The number of fused-ring (bicyclic) bond motifs is 1. The summed E-state index contributed by atoms with van der Waals surface area (Å²) in [5, 5.41) is 2.63. The molecular weight excluding hydrogens is 294 g/mol. The quantitative estimate of drug-likeness (QED) is 0.737. The number of ether oxygens (including phenoxy) is 1. The third-order valence-corrected chi connectivity index (χ3v) is 4.30. The Bertz CT molecular complexity index is 822. The Morgan fingerprint density at radius 3 is 2.90 bits per heavy atom. The minimum absolute atomic E-state index is 0.0305. The van der Waals surface area contributed by atoms with Crippen LogP contribution in [0.3, 0.4) is 0 Å². The maximum Gasteiger partial charge on any atom is 0.193 e. The molecule has 0 aliphatic heterocycles. The molecule has 0 N–H and O–H groups in total. The Labute approximate surface area is 125 Å². The predicted molar refractivity (Wildman–Crippen MR) is 83.2 cm³/mol. The van der Waals surface area contributed by atoms with Gasteiger partial charge in [0.2, 0.25) is 0 Å². The molecule has 0 amide bonds. The lowest BCUT2D eigenvalue weighted by atomic mass is 10.2. The molecule has 3 nitrogen and oxygen atoms in total. The lowest BCUT2D eigenvalue weighted by Crippen LogP contribution is -2.09. The molecule has 2 heterocycles. The molecule has 0 aliphatic carbocycles. The van der Waals surface area contributed by atoms with Gasteiger partial charge in [0, 0.05) is 18.8 Å². The first kappa shape index (κ1) is 13.2. The van der Waals surface area contributed by atoms with Gasteiger partial charge in [-0.05, 0) is 29.1 Å². The van der Waals surface area contributed by atoms with Gasteiger partial charge in [-0.1, -0.05) is 17.7 Å². The van der Waals surface area contributed by atoms with Gasteiger partial charge in [-0.3, -0.25) is 4.79 Å². The normalized spacial score (nSPS) is 10.9. The molecule has 2 aromatic heterocycles. The number of pyridine rings is 1. The fourth-order valence-electron chi connectivity index (χ4n) is 2.26. The molecule has 0 spiro atoms. The number of hydrogen-bond donors (Lipinski definition) is 0. The van der Waals surface area contributed by atoms with Crippen LogP contribution in [-0.2, 0) is 6.54 Å². The van der Waals surface area contributed by atoms with Crippen molar-refractivity contribution >= 4 is 33.8 Å². The van der Waals surface area contributed by atoms with Crippen LogP contribution in [0.1, 0.15) is 5.56 Å². The average Bonchev–Trinajstić information content (AvgIpc) is 2.87. The highest BCUT2D eigenvalue weighted by Crippen LogP contribution is 2.24. The molecule has 0 atom stereocenters. The van der Waals surface area contributed by atoms with E-state index in [4.69, 9.17) is 16.3 Å². The maximum absolute atomic E-state index is 12.1. The van der Waals surface area contributed by atoms with Crippen molar-refractivity contribution in [1.29, 1.82) is 0 Å². The topological polar surface area (TPSA) is 31.2 Å². The molecule has 0 saturated carbocycles. The zero-order valence-electron chi connectivity index (χ0n) is 10.8. The van der Waals surface area contributed by atoms with E-state index in [0.29, 0.717) is 17.7 Å². The molecule has 0 saturated heterocycles. The van der Waals surface area contributed by atoms with E-state index in [1.54, 1.807) is 25.4 Å². The first-order valence-electron chi connectivity index (χ1n) is 6.08. The minimum atomic E-state index is -0.0305. The smallest absolute Gasteiger partial charge is 0.193 e. The van der Waals surface area contributed by atoms with Crippen LogP contribution >= 0.6 is 22.9 Å². The summed E-state index contributed by atoms with van der Waals surface area (Å²) in [5.74, 6) is 0.602. The second kappa shape index (κ2) is 5.31. The number of thiophene rings is 1. The van der Waals surface area contributed by atoms with E-state index in [0.717, 1.165) is 15.4 Å². The van der Waals surface area contributed by atoms with Crippen molar-refractivity contribution in [2.24, 2.45) is 0 Å². The molecule has 1 aromatic carbocycles. The molecule has 0 unspecified atom stereocenters. The van der Waals surface area contributed by atoms with Crippen molar-refractivity contribution in [2.45, 2.75) is 6.54 Å². The van der Waals surface area contributed by atoms with E-state index >= 15 is 0 Å². The van der Waals surface area contributed by atoms with Crippen LogP contribution in [0.25, 0.3) is 10.9 Å². The minimum Gasteiger partial charge on any atom is -0.496 e. The Morgan fingerprint density at radius 1 is 1.35 bits per heavy atom.